The number of rotatable bonds is 5. The summed E-state index contributed by atoms with van der Waals surface area (Å²) >= 11 is 3.34. The van der Waals surface area contributed by atoms with Crippen LogP contribution in [0.4, 0.5) is 0 Å². The van der Waals surface area contributed by atoms with Crippen LogP contribution in [0.15, 0.2) is 53.0 Å². The molecule has 132 valence electrons. The standard InChI is InChI=1S/C20H16BrNO4/c1-12-9-15(14-5-3-4-6-17(14)22-12)20(24)26-11-18(23)13-7-8-19(25-2)16(21)10-13/h3-10H,11H2,1-2H3. The van der Waals surface area contributed by atoms with E-state index in [1.165, 1.54) is 0 Å². The molecule has 5 nitrogen and oxygen atoms in total. The number of pyridine rings is 1. The van der Waals surface area contributed by atoms with Crippen LogP contribution in [0.25, 0.3) is 10.9 Å². The zero-order valence-corrected chi connectivity index (χ0v) is 15.9. The van der Waals surface area contributed by atoms with Crippen molar-refractivity contribution in [3.8, 4) is 5.75 Å². The summed E-state index contributed by atoms with van der Waals surface area (Å²) in [6.45, 7) is 1.47. The molecule has 1 heterocycles. The summed E-state index contributed by atoms with van der Waals surface area (Å²) in [7, 11) is 1.55. The summed E-state index contributed by atoms with van der Waals surface area (Å²) < 4.78 is 11.0. The summed E-state index contributed by atoms with van der Waals surface area (Å²) in [4.78, 5) is 29.2. The van der Waals surface area contributed by atoms with Crippen LogP contribution in [0.2, 0.25) is 0 Å². The molecular formula is C20H16BrNO4. The Hall–Kier alpha value is -2.73. The van der Waals surface area contributed by atoms with Crippen molar-refractivity contribution in [3.63, 3.8) is 0 Å². The zero-order valence-electron chi connectivity index (χ0n) is 14.3. The van der Waals surface area contributed by atoms with E-state index in [0.29, 0.717) is 37.9 Å². The van der Waals surface area contributed by atoms with Crippen LogP contribution in [0, 0.1) is 6.92 Å². The van der Waals surface area contributed by atoms with E-state index in [1.54, 1.807) is 37.4 Å². The van der Waals surface area contributed by atoms with Gasteiger partial charge in [-0.05, 0) is 53.2 Å². The smallest absolute Gasteiger partial charge is 0.339 e. The third-order valence-corrected chi connectivity index (χ3v) is 4.49. The second kappa shape index (κ2) is 7.66. The van der Waals surface area contributed by atoms with Crippen LogP contribution in [0.1, 0.15) is 26.4 Å². The molecule has 6 heteroatoms. The SMILES string of the molecule is COc1ccc(C(=O)COC(=O)c2cc(C)nc3ccccc23)cc1Br. The Balaban J connectivity index is 1.77. The summed E-state index contributed by atoms with van der Waals surface area (Å²) in [5, 5.41) is 0.697. The Labute approximate surface area is 159 Å². The molecule has 0 saturated heterocycles. The average Bonchev–Trinajstić information content (AvgIpc) is 2.65. The molecule has 0 aliphatic heterocycles. The van der Waals surface area contributed by atoms with E-state index in [4.69, 9.17) is 9.47 Å². The van der Waals surface area contributed by atoms with Crippen molar-refractivity contribution in [1.82, 2.24) is 4.98 Å². The van der Waals surface area contributed by atoms with E-state index in [2.05, 4.69) is 20.9 Å². The highest BCUT2D eigenvalue weighted by atomic mass is 79.9. The summed E-state index contributed by atoms with van der Waals surface area (Å²) in [6, 6.07) is 13.9. The molecule has 0 atom stereocenters. The van der Waals surface area contributed by atoms with Gasteiger partial charge in [0.05, 0.1) is 22.7 Å². The normalized spacial score (nSPS) is 10.6. The van der Waals surface area contributed by atoms with Crippen molar-refractivity contribution in [2.24, 2.45) is 0 Å². The number of nitrogens with zero attached hydrogens (tertiary/aromatic N) is 1. The molecule has 0 fully saturated rings. The van der Waals surface area contributed by atoms with Gasteiger partial charge in [-0.25, -0.2) is 4.79 Å². The lowest BCUT2D eigenvalue weighted by Crippen LogP contribution is -2.15. The average molecular weight is 414 g/mol. The molecule has 3 aromatic rings. The highest BCUT2D eigenvalue weighted by molar-refractivity contribution is 9.10. The van der Waals surface area contributed by atoms with E-state index in [1.807, 2.05) is 25.1 Å². The van der Waals surface area contributed by atoms with Gasteiger partial charge in [-0.3, -0.25) is 9.78 Å². The van der Waals surface area contributed by atoms with E-state index in [9.17, 15) is 9.59 Å². The molecule has 0 saturated carbocycles. The predicted octanol–water partition coefficient (Wildman–Crippen LogP) is 4.35. The quantitative estimate of drug-likeness (QED) is 0.459. The number of para-hydroxylation sites is 1. The van der Waals surface area contributed by atoms with Gasteiger partial charge in [0.15, 0.2) is 12.4 Å². The molecule has 0 aliphatic carbocycles. The van der Waals surface area contributed by atoms with Gasteiger partial charge in [0.25, 0.3) is 0 Å². The third kappa shape index (κ3) is 3.75. The van der Waals surface area contributed by atoms with Crippen molar-refractivity contribution >= 4 is 38.6 Å². The maximum Gasteiger partial charge on any atom is 0.339 e. The van der Waals surface area contributed by atoms with Gasteiger partial charge in [-0.1, -0.05) is 18.2 Å². The summed E-state index contributed by atoms with van der Waals surface area (Å²) in [5.74, 6) is -0.221. The number of aromatic nitrogens is 1. The van der Waals surface area contributed by atoms with Crippen molar-refractivity contribution in [1.29, 1.82) is 0 Å². The van der Waals surface area contributed by atoms with Crippen LogP contribution in [-0.4, -0.2) is 30.5 Å². The van der Waals surface area contributed by atoms with Crippen molar-refractivity contribution < 1.29 is 19.1 Å². The van der Waals surface area contributed by atoms with Gasteiger partial charge in [-0.15, -0.1) is 0 Å². The lowest BCUT2D eigenvalue weighted by atomic mass is 10.1. The summed E-state index contributed by atoms with van der Waals surface area (Å²) in [5.41, 5.74) is 2.25. The van der Waals surface area contributed by atoms with E-state index in [0.717, 1.165) is 0 Å². The van der Waals surface area contributed by atoms with E-state index in [-0.39, 0.29) is 12.4 Å². The molecule has 2 aromatic carbocycles. The predicted molar refractivity (Wildman–Crippen MR) is 102 cm³/mol. The number of hydrogen-bond donors (Lipinski definition) is 0. The van der Waals surface area contributed by atoms with Gasteiger partial charge in [0.2, 0.25) is 0 Å². The van der Waals surface area contributed by atoms with Gasteiger partial charge < -0.3 is 9.47 Å². The molecule has 0 aliphatic rings. The van der Waals surface area contributed by atoms with Crippen molar-refractivity contribution in [2.45, 2.75) is 6.92 Å². The topological polar surface area (TPSA) is 65.5 Å². The van der Waals surface area contributed by atoms with Crippen LogP contribution >= 0.6 is 15.9 Å². The van der Waals surface area contributed by atoms with E-state index >= 15 is 0 Å². The molecule has 0 amide bonds. The molecule has 0 spiro atoms. The molecular weight excluding hydrogens is 398 g/mol. The molecule has 0 unspecified atom stereocenters. The maximum atomic E-state index is 12.5. The van der Waals surface area contributed by atoms with Crippen molar-refractivity contribution in [2.75, 3.05) is 13.7 Å². The van der Waals surface area contributed by atoms with Crippen LogP contribution in [0.3, 0.4) is 0 Å². The minimum atomic E-state index is -0.548. The molecule has 0 N–H and O–H groups in total. The number of carbonyl (C=O) groups is 2. The second-order valence-electron chi connectivity index (χ2n) is 5.68. The lowest BCUT2D eigenvalue weighted by molar-refractivity contribution is 0.0476. The van der Waals surface area contributed by atoms with E-state index < -0.39 is 5.97 Å². The number of aryl methyl sites for hydroxylation is 1. The van der Waals surface area contributed by atoms with Gasteiger partial charge in [0.1, 0.15) is 5.75 Å². The van der Waals surface area contributed by atoms with Crippen molar-refractivity contribution in [3.05, 3.63) is 69.8 Å². The first-order chi connectivity index (χ1) is 12.5. The molecule has 1 aromatic heterocycles. The first-order valence-electron chi connectivity index (χ1n) is 7.90. The number of methoxy groups -OCH3 is 1. The Bertz CT molecular complexity index is 1000. The highest BCUT2D eigenvalue weighted by Crippen LogP contribution is 2.26. The first-order valence-corrected chi connectivity index (χ1v) is 8.69. The molecule has 3 rings (SSSR count). The second-order valence-corrected chi connectivity index (χ2v) is 6.53. The fourth-order valence-corrected chi connectivity index (χ4v) is 3.15. The Morgan fingerprint density at radius 1 is 1.12 bits per heavy atom. The highest BCUT2D eigenvalue weighted by Gasteiger charge is 2.16. The number of carbonyl (C=O) groups excluding carboxylic acids is 2. The molecule has 26 heavy (non-hydrogen) atoms. The maximum absolute atomic E-state index is 12.5. The number of halogens is 1. The number of ketones is 1. The minimum absolute atomic E-state index is 0.295. The Kier molecular flexibility index (Phi) is 5.32. The fraction of sp³-hybridized carbons (Fsp3) is 0.150. The first kappa shape index (κ1) is 18.1. The summed E-state index contributed by atoms with van der Waals surface area (Å²) in [6.07, 6.45) is 0. The monoisotopic (exact) mass is 413 g/mol. The third-order valence-electron chi connectivity index (χ3n) is 3.87. The van der Waals surface area contributed by atoms with Crippen LogP contribution in [-0.2, 0) is 4.74 Å². The van der Waals surface area contributed by atoms with Gasteiger partial charge in [-0.2, -0.15) is 0 Å². The Morgan fingerprint density at radius 3 is 2.62 bits per heavy atom. The largest absolute Gasteiger partial charge is 0.496 e. The molecule has 0 bridgehead atoms. The zero-order chi connectivity index (χ0) is 18.7. The number of esters is 1. The number of benzene rings is 2. The molecule has 0 radical (unpaired) electrons. The van der Waals surface area contributed by atoms with Gasteiger partial charge in [0, 0.05) is 16.6 Å². The lowest BCUT2D eigenvalue weighted by Gasteiger charge is -2.09. The van der Waals surface area contributed by atoms with Crippen LogP contribution < -0.4 is 4.74 Å². The minimum Gasteiger partial charge on any atom is -0.496 e. The number of ether oxygens (including phenoxy) is 2. The number of Topliss-reactive ketones (excluding diaryl/α,β-unsaturated/α-hetero) is 1. The van der Waals surface area contributed by atoms with Gasteiger partial charge >= 0.3 is 5.97 Å². The fourth-order valence-electron chi connectivity index (χ4n) is 2.61. The number of hydrogen-bond acceptors (Lipinski definition) is 5. The Morgan fingerprint density at radius 2 is 1.88 bits per heavy atom. The number of fused-ring (bicyclic) bond motifs is 1. The van der Waals surface area contributed by atoms with Crippen LogP contribution in [0.5, 0.6) is 5.75 Å².